The van der Waals surface area contributed by atoms with Crippen molar-refractivity contribution in [2.45, 2.75) is 12.5 Å². The lowest BCUT2D eigenvalue weighted by Crippen LogP contribution is -2.26. The van der Waals surface area contributed by atoms with Crippen LogP contribution >= 0.6 is 0 Å². The van der Waals surface area contributed by atoms with Gasteiger partial charge in [0.15, 0.2) is 0 Å². The number of amides is 1. The lowest BCUT2D eigenvalue weighted by Gasteiger charge is -2.14. The number of alkyl carbamates (subject to hydrolysis) is 1. The summed E-state index contributed by atoms with van der Waals surface area (Å²) < 4.78 is 5.48. The van der Waals surface area contributed by atoms with Crippen LogP contribution in [0.25, 0.3) is 11.1 Å². The maximum Gasteiger partial charge on any atom is 0.407 e. The number of ether oxygens (including phenoxy) is 1. The van der Waals surface area contributed by atoms with Crippen LogP contribution in [0, 0.1) is 11.8 Å². The number of carbonyl (C=O) groups is 1. The number of benzene rings is 3. The van der Waals surface area contributed by atoms with Gasteiger partial charge in [0.05, 0.1) is 13.2 Å². The van der Waals surface area contributed by atoms with Crippen LogP contribution in [0.3, 0.4) is 0 Å². The Morgan fingerprint density at radius 3 is 2.17 bits per heavy atom. The molecule has 0 spiro atoms. The van der Waals surface area contributed by atoms with Crippen molar-refractivity contribution in [1.29, 1.82) is 0 Å². The van der Waals surface area contributed by atoms with E-state index in [1.807, 2.05) is 48.5 Å². The van der Waals surface area contributed by atoms with Gasteiger partial charge in [0.25, 0.3) is 0 Å². The number of aliphatic hydroxyl groups is 1. The van der Waals surface area contributed by atoms with E-state index in [0.29, 0.717) is 0 Å². The Bertz CT molecular complexity index is 1030. The third kappa shape index (κ3) is 4.16. The van der Waals surface area contributed by atoms with Crippen molar-refractivity contribution in [2.75, 3.05) is 13.2 Å². The van der Waals surface area contributed by atoms with E-state index in [2.05, 4.69) is 41.4 Å². The summed E-state index contributed by atoms with van der Waals surface area (Å²) in [6, 6.07) is 23.8. The SMILES string of the molecule is O=C(NCC#Cc1ccc(CO)cc1)OCC1c2ccccc2-c2ccccc21. The fourth-order valence-electron chi connectivity index (χ4n) is 3.61. The van der Waals surface area contributed by atoms with Gasteiger partial charge in [0.1, 0.15) is 6.61 Å². The molecule has 1 aliphatic carbocycles. The molecule has 0 saturated heterocycles. The lowest BCUT2D eigenvalue weighted by molar-refractivity contribution is 0.144. The molecule has 0 fully saturated rings. The van der Waals surface area contributed by atoms with Gasteiger partial charge in [-0.1, -0.05) is 72.5 Å². The molecule has 0 saturated carbocycles. The topological polar surface area (TPSA) is 58.6 Å². The monoisotopic (exact) mass is 383 g/mol. The second-order valence-electron chi connectivity index (χ2n) is 6.84. The molecule has 0 unspecified atom stereocenters. The van der Waals surface area contributed by atoms with E-state index >= 15 is 0 Å². The van der Waals surface area contributed by atoms with Crippen LogP contribution in [-0.2, 0) is 11.3 Å². The van der Waals surface area contributed by atoms with E-state index in [9.17, 15) is 4.79 Å². The van der Waals surface area contributed by atoms with Crippen LogP contribution in [0.5, 0.6) is 0 Å². The molecule has 0 bridgehead atoms. The Morgan fingerprint density at radius 2 is 1.55 bits per heavy atom. The van der Waals surface area contributed by atoms with Crippen LogP contribution in [0.4, 0.5) is 4.79 Å². The van der Waals surface area contributed by atoms with Gasteiger partial charge in [0.2, 0.25) is 0 Å². The minimum Gasteiger partial charge on any atom is -0.449 e. The zero-order valence-corrected chi connectivity index (χ0v) is 15.9. The summed E-state index contributed by atoms with van der Waals surface area (Å²) in [5.41, 5.74) is 6.45. The fourth-order valence-corrected chi connectivity index (χ4v) is 3.61. The molecule has 2 N–H and O–H groups in total. The van der Waals surface area contributed by atoms with Crippen LogP contribution in [0.15, 0.2) is 72.8 Å². The summed E-state index contributed by atoms with van der Waals surface area (Å²) in [7, 11) is 0. The van der Waals surface area contributed by atoms with E-state index < -0.39 is 6.09 Å². The summed E-state index contributed by atoms with van der Waals surface area (Å²) in [5, 5.41) is 11.7. The van der Waals surface area contributed by atoms with Gasteiger partial charge in [0, 0.05) is 11.5 Å². The third-order valence-corrected chi connectivity index (χ3v) is 5.03. The van der Waals surface area contributed by atoms with Crippen molar-refractivity contribution in [3.8, 4) is 23.0 Å². The zero-order valence-electron chi connectivity index (χ0n) is 15.9. The number of carbonyl (C=O) groups excluding carboxylic acids is 1. The minimum absolute atomic E-state index is 0.0110. The third-order valence-electron chi connectivity index (χ3n) is 5.03. The Morgan fingerprint density at radius 1 is 0.931 bits per heavy atom. The van der Waals surface area contributed by atoms with Crippen LogP contribution < -0.4 is 5.32 Å². The van der Waals surface area contributed by atoms with Gasteiger partial charge in [-0.25, -0.2) is 4.79 Å². The first-order valence-corrected chi connectivity index (χ1v) is 9.54. The highest BCUT2D eigenvalue weighted by atomic mass is 16.5. The predicted molar refractivity (Wildman–Crippen MR) is 112 cm³/mol. The number of nitrogens with one attached hydrogen (secondary N) is 1. The molecular formula is C25H21NO3. The van der Waals surface area contributed by atoms with E-state index in [-0.39, 0.29) is 25.7 Å². The smallest absolute Gasteiger partial charge is 0.407 e. The van der Waals surface area contributed by atoms with Crippen molar-refractivity contribution in [1.82, 2.24) is 5.32 Å². The summed E-state index contributed by atoms with van der Waals surface area (Å²) in [6.45, 7) is 0.505. The molecule has 0 aromatic heterocycles. The van der Waals surface area contributed by atoms with Gasteiger partial charge in [-0.3, -0.25) is 0 Å². The summed E-state index contributed by atoms with van der Waals surface area (Å²) in [4.78, 5) is 12.1. The maximum absolute atomic E-state index is 12.1. The molecule has 3 aromatic rings. The molecule has 1 aliphatic rings. The lowest BCUT2D eigenvalue weighted by atomic mass is 9.98. The van der Waals surface area contributed by atoms with E-state index in [1.54, 1.807) is 0 Å². The summed E-state index contributed by atoms with van der Waals surface area (Å²) >= 11 is 0. The largest absolute Gasteiger partial charge is 0.449 e. The first kappa shape index (κ1) is 18.8. The molecule has 0 aliphatic heterocycles. The molecule has 4 nitrogen and oxygen atoms in total. The van der Waals surface area contributed by atoms with Crippen molar-refractivity contribution >= 4 is 6.09 Å². The number of rotatable bonds is 4. The molecule has 4 heteroatoms. The quantitative estimate of drug-likeness (QED) is 0.668. The molecule has 0 radical (unpaired) electrons. The number of hydrogen-bond donors (Lipinski definition) is 2. The van der Waals surface area contributed by atoms with Crippen LogP contribution in [-0.4, -0.2) is 24.4 Å². The molecule has 0 atom stereocenters. The van der Waals surface area contributed by atoms with Crippen molar-refractivity contribution in [3.63, 3.8) is 0 Å². The molecule has 4 rings (SSSR count). The average molecular weight is 383 g/mol. The molecule has 1 amide bonds. The van der Waals surface area contributed by atoms with Gasteiger partial charge < -0.3 is 15.2 Å². The normalized spacial score (nSPS) is 11.8. The zero-order chi connectivity index (χ0) is 20.1. The highest BCUT2D eigenvalue weighted by molar-refractivity contribution is 5.79. The van der Waals surface area contributed by atoms with Crippen LogP contribution in [0.1, 0.15) is 28.2 Å². The average Bonchev–Trinajstić information content (AvgIpc) is 3.09. The Kier molecular flexibility index (Phi) is 5.60. The highest BCUT2D eigenvalue weighted by Gasteiger charge is 2.28. The molecule has 144 valence electrons. The second kappa shape index (κ2) is 8.64. The van der Waals surface area contributed by atoms with Crippen molar-refractivity contribution in [3.05, 3.63) is 95.1 Å². The van der Waals surface area contributed by atoms with Gasteiger partial charge >= 0.3 is 6.09 Å². The van der Waals surface area contributed by atoms with Gasteiger partial charge in [-0.15, -0.1) is 0 Å². The van der Waals surface area contributed by atoms with Crippen molar-refractivity contribution in [2.24, 2.45) is 0 Å². The second-order valence-corrected chi connectivity index (χ2v) is 6.84. The Hall–Kier alpha value is -3.55. The van der Waals surface area contributed by atoms with E-state index in [0.717, 1.165) is 11.1 Å². The first-order valence-electron chi connectivity index (χ1n) is 9.54. The summed E-state index contributed by atoms with van der Waals surface area (Å²) in [5.74, 6) is 5.92. The Labute approximate surface area is 170 Å². The Balaban J connectivity index is 1.33. The first-order chi connectivity index (χ1) is 14.3. The van der Waals surface area contributed by atoms with E-state index in [1.165, 1.54) is 22.3 Å². The van der Waals surface area contributed by atoms with Crippen LogP contribution in [0.2, 0.25) is 0 Å². The number of fused-ring (bicyclic) bond motifs is 3. The predicted octanol–water partition coefficient (Wildman–Crippen LogP) is 4.07. The molecule has 0 heterocycles. The minimum atomic E-state index is -0.475. The molecular weight excluding hydrogens is 362 g/mol. The van der Waals surface area contributed by atoms with Gasteiger partial charge in [-0.2, -0.15) is 0 Å². The highest BCUT2D eigenvalue weighted by Crippen LogP contribution is 2.44. The molecule has 3 aromatic carbocycles. The standard InChI is InChI=1S/C25H21NO3/c27-16-19-13-11-18(12-14-19)6-5-15-26-25(28)29-17-24-22-9-3-1-7-20(22)21-8-2-4-10-23(21)24/h1-4,7-14,24,27H,15-17H2,(H,26,28). The molecule has 29 heavy (non-hydrogen) atoms. The number of hydrogen-bond acceptors (Lipinski definition) is 3. The number of aliphatic hydroxyl groups excluding tert-OH is 1. The van der Waals surface area contributed by atoms with E-state index in [4.69, 9.17) is 9.84 Å². The summed E-state index contributed by atoms with van der Waals surface area (Å²) in [6.07, 6.45) is -0.475. The van der Waals surface area contributed by atoms with Crippen molar-refractivity contribution < 1.29 is 14.6 Å². The fraction of sp³-hybridized carbons (Fsp3) is 0.160. The maximum atomic E-state index is 12.1. The van der Waals surface area contributed by atoms with Gasteiger partial charge in [-0.05, 0) is 39.9 Å².